The SMILES string of the molecule is Cc1nnc2n1NC(c1ccc(F)cc1)C(C(=O)Nc1ccc(F)cc1)S2. The van der Waals surface area contributed by atoms with Gasteiger partial charge in [0.05, 0.1) is 6.04 Å². The fourth-order valence-corrected chi connectivity index (χ4v) is 3.95. The number of benzene rings is 2. The molecule has 138 valence electrons. The van der Waals surface area contributed by atoms with Gasteiger partial charge in [-0.1, -0.05) is 23.9 Å². The maximum absolute atomic E-state index is 13.3. The molecule has 0 bridgehead atoms. The van der Waals surface area contributed by atoms with E-state index < -0.39 is 11.3 Å². The summed E-state index contributed by atoms with van der Waals surface area (Å²) >= 11 is 1.26. The minimum absolute atomic E-state index is 0.277. The van der Waals surface area contributed by atoms with Crippen molar-refractivity contribution in [1.82, 2.24) is 14.9 Å². The third-order valence-electron chi connectivity index (χ3n) is 4.20. The van der Waals surface area contributed by atoms with Crippen molar-refractivity contribution < 1.29 is 13.6 Å². The van der Waals surface area contributed by atoms with Crippen LogP contribution in [0, 0.1) is 18.6 Å². The van der Waals surface area contributed by atoms with Gasteiger partial charge in [0.25, 0.3) is 0 Å². The summed E-state index contributed by atoms with van der Waals surface area (Å²) in [6, 6.07) is 11.1. The summed E-state index contributed by atoms with van der Waals surface area (Å²) in [4.78, 5) is 12.9. The number of nitrogens with one attached hydrogen (secondary N) is 2. The van der Waals surface area contributed by atoms with E-state index in [1.54, 1.807) is 23.7 Å². The average molecular weight is 387 g/mol. The molecular weight excluding hydrogens is 372 g/mol. The number of rotatable bonds is 3. The van der Waals surface area contributed by atoms with Crippen LogP contribution in [0.15, 0.2) is 53.7 Å². The second kappa shape index (κ2) is 6.99. The Labute approximate surface area is 158 Å². The van der Waals surface area contributed by atoms with Crippen LogP contribution in [-0.4, -0.2) is 26.0 Å². The van der Waals surface area contributed by atoms with E-state index in [4.69, 9.17) is 0 Å². The summed E-state index contributed by atoms with van der Waals surface area (Å²) < 4.78 is 28.1. The molecule has 6 nitrogen and oxygen atoms in total. The molecular formula is C18H15F2N5OS. The Morgan fingerprint density at radius 1 is 1.07 bits per heavy atom. The van der Waals surface area contributed by atoms with Crippen molar-refractivity contribution in [3.63, 3.8) is 0 Å². The Balaban J connectivity index is 1.65. The van der Waals surface area contributed by atoms with Gasteiger partial charge in [-0.25, -0.2) is 13.5 Å². The molecule has 2 heterocycles. The van der Waals surface area contributed by atoms with Crippen molar-refractivity contribution in [2.75, 3.05) is 10.7 Å². The van der Waals surface area contributed by atoms with E-state index in [1.165, 1.54) is 48.2 Å². The lowest BCUT2D eigenvalue weighted by Gasteiger charge is -2.32. The molecule has 9 heteroatoms. The number of aromatic nitrogens is 3. The van der Waals surface area contributed by atoms with Gasteiger partial charge in [0.15, 0.2) is 0 Å². The summed E-state index contributed by atoms with van der Waals surface area (Å²) in [7, 11) is 0. The lowest BCUT2D eigenvalue weighted by atomic mass is 10.0. The van der Waals surface area contributed by atoms with Gasteiger partial charge in [-0.3, -0.25) is 4.79 Å². The largest absolute Gasteiger partial charge is 0.325 e. The van der Waals surface area contributed by atoms with Crippen molar-refractivity contribution in [1.29, 1.82) is 0 Å². The van der Waals surface area contributed by atoms with E-state index in [9.17, 15) is 13.6 Å². The van der Waals surface area contributed by atoms with Crippen LogP contribution in [-0.2, 0) is 4.79 Å². The molecule has 0 spiro atoms. The maximum atomic E-state index is 13.3. The van der Waals surface area contributed by atoms with Crippen molar-refractivity contribution in [3.8, 4) is 0 Å². The van der Waals surface area contributed by atoms with Gasteiger partial charge in [-0.2, -0.15) is 0 Å². The lowest BCUT2D eigenvalue weighted by Crippen LogP contribution is -2.41. The van der Waals surface area contributed by atoms with Gasteiger partial charge in [-0.05, 0) is 48.9 Å². The molecule has 1 aromatic heterocycles. The predicted molar refractivity (Wildman–Crippen MR) is 97.9 cm³/mol. The summed E-state index contributed by atoms with van der Waals surface area (Å²) in [6.07, 6.45) is 0. The summed E-state index contributed by atoms with van der Waals surface area (Å²) in [6.45, 7) is 1.80. The molecule has 0 radical (unpaired) electrons. The summed E-state index contributed by atoms with van der Waals surface area (Å²) in [5.74, 6) is -0.354. The Bertz CT molecular complexity index is 974. The smallest absolute Gasteiger partial charge is 0.240 e. The second-order valence-corrected chi connectivity index (χ2v) is 7.17. The van der Waals surface area contributed by atoms with Crippen molar-refractivity contribution in [2.24, 2.45) is 0 Å². The summed E-state index contributed by atoms with van der Waals surface area (Å²) in [5.41, 5.74) is 4.48. The van der Waals surface area contributed by atoms with Gasteiger partial charge >= 0.3 is 0 Å². The molecule has 1 aliphatic rings. The number of thioether (sulfide) groups is 1. The highest BCUT2D eigenvalue weighted by atomic mass is 32.2. The van der Waals surface area contributed by atoms with Gasteiger partial charge in [-0.15, -0.1) is 10.2 Å². The average Bonchev–Trinajstić information content (AvgIpc) is 3.03. The van der Waals surface area contributed by atoms with Crippen molar-refractivity contribution in [3.05, 3.63) is 71.6 Å². The maximum Gasteiger partial charge on any atom is 0.240 e. The molecule has 4 rings (SSSR count). The van der Waals surface area contributed by atoms with Crippen LogP contribution < -0.4 is 10.7 Å². The lowest BCUT2D eigenvalue weighted by molar-refractivity contribution is -0.116. The van der Waals surface area contributed by atoms with Gasteiger partial charge in [0.2, 0.25) is 11.1 Å². The topological polar surface area (TPSA) is 71.8 Å². The Morgan fingerprint density at radius 2 is 1.70 bits per heavy atom. The Morgan fingerprint density at radius 3 is 2.37 bits per heavy atom. The van der Waals surface area contributed by atoms with Crippen LogP contribution in [0.3, 0.4) is 0 Å². The number of halogens is 2. The molecule has 2 unspecified atom stereocenters. The fraction of sp³-hybridized carbons (Fsp3) is 0.167. The molecule has 1 aliphatic heterocycles. The van der Waals surface area contributed by atoms with Crippen LogP contribution in [0.1, 0.15) is 17.4 Å². The van der Waals surface area contributed by atoms with Crippen molar-refractivity contribution >= 4 is 23.4 Å². The van der Waals surface area contributed by atoms with Crippen LogP contribution in [0.5, 0.6) is 0 Å². The fourth-order valence-electron chi connectivity index (χ4n) is 2.83. The highest BCUT2D eigenvalue weighted by molar-refractivity contribution is 8.00. The predicted octanol–water partition coefficient (Wildman–Crippen LogP) is 3.26. The van der Waals surface area contributed by atoms with E-state index in [1.807, 2.05) is 0 Å². The highest BCUT2D eigenvalue weighted by Gasteiger charge is 2.37. The molecule has 27 heavy (non-hydrogen) atoms. The number of anilines is 1. The first kappa shape index (κ1) is 17.5. The molecule has 1 amide bonds. The summed E-state index contributed by atoms with van der Waals surface area (Å²) in [5, 5.41) is 10.9. The molecule has 0 aliphatic carbocycles. The van der Waals surface area contributed by atoms with Gasteiger partial charge < -0.3 is 10.7 Å². The number of fused-ring (bicyclic) bond motifs is 1. The molecule has 0 fully saturated rings. The third-order valence-corrected chi connectivity index (χ3v) is 5.41. The van der Waals surface area contributed by atoms with E-state index in [0.717, 1.165) is 5.56 Å². The Hall–Kier alpha value is -2.94. The first-order valence-electron chi connectivity index (χ1n) is 8.18. The van der Waals surface area contributed by atoms with Crippen LogP contribution >= 0.6 is 11.8 Å². The van der Waals surface area contributed by atoms with E-state index in [0.29, 0.717) is 16.7 Å². The Kier molecular flexibility index (Phi) is 4.53. The second-order valence-electron chi connectivity index (χ2n) is 6.06. The molecule has 2 N–H and O–H groups in total. The quantitative estimate of drug-likeness (QED) is 0.722. The first-order valence-corrected chi connectivity index (χ1v) is 9.06. The van der Waals surface area contributed by atoms with E-state index in [2.05, 4.69) is 20.9 Å². The number of nitrogens with zero attached hydrogens (tertiary/aromatic N) is 3. The number of hydrogen-bond donors (Lipinski definition) is 2. The van der Waals surface area contributed by atoms with E-state index >= 15 is 0 Å². The number of amides is 1. The zero-order valence-corrected chi connectivity index (χ0v) is 15.0. The number of aryl methyl sites for hydroxylation is 1. The van der Waals surface area contributed by atoms with Gasteiger partial charge in [0.1, 0.15) is 22.7 Å². The highest BCUT2D eigenvalue weighted by Crippen LogP contribution is 2.37. The van der Waals surface area contributed by atoms with Crippen molar-refractivity contribution in [2.45, 2.75) is 23.4 Å². The van der Waals surface area contributed by atoms with Crippen LogP contribution in [0.4, 0.5) is 14.5 Å². The zero-order chi connectivity index (χ0) is 19.0. The molecule has 3 aromatic rings. The standard InChI is InChI=1S/C18H15F2N5OS/c1-10-22-23-18-25(10)24-15(11-2-4-12(19)5-3-11)16(27-18)17(26)21-14-8-6-13(20)7-9-14/h2-9,15-16,24H,1H3,(H,21,26). The zero-order valence-electron chi connectivity index (χ0n) is 14.2. The number of hydrogen-bond acceptors (Lipinski definition) is 5. The minimum atomic E-state index is -0.586. The van der Waals surface area contributed by atoms with Gasteiger partial charge in [0, 0.05) is 5.69 Å². The van der Waals surface area contributed by atoms with Crippen LogP contribution in [0.2, 0.25) is 0 Å². The first-order chi connectivity index (χ1) is 13.0. The third kappa shape index (κ3) is 3.50. The number of carbonyl (C=O) groups is 1. The molecule has 2 aromatic carbocycles. The van der Waals surface area contributed by atoms with Crippen LogP contribution in [0.25, 0.3) is 0 Å². The minimum Gasteiger partial charge on any atom is -0.325 e. The number of carbonyl (C=O) groups excluding carboxylic acids is 1. The normalized spacial score (nSPS) is 18.5. The molecule has 2 atom stereocenters. The molecule has 0 saturated carbocycles. The monoisotopic (exact) mass is 387 g/mol. The van der Waals surface area contributed by atoms with E-state index in [-0.39, 0.29) is 17.5 Å². The molecule has 0 saturated heterocycles.